The summed E-state index contributed by atoms with van der Waals surface area (Å²) < 4.78 is 0.877. The molecule has 1 aliphatic heterocycles. The van der Waals surface area contributed by atoms with Crippen LogP contribution in [0.2, 0.25) is 0 Å². The molecule has 1 fully saturated rings. The summed E-state index contributed by atoms with van der Waals surface area (Å²) in [5, 5.41) is 3.60. The smallest absolute Gasteiger partial charge is 0.106 e. The highest BCUT2D eigenvalue weighted by atomic mass is 79.9. The van der Waals surface area contributed by atoms with Gasteiger partial charge in [-0.25, -0.2) is 4.98 Å². The fraction of sp³-hybridized carbons (Fsp3) is 0.353. The second-order valence-electron chi connectivity index (χ2n) is 5.57. The van der Waals surface area contributed by atoms with Crippen molar-refractivity contribution in [2.45, 2.75) is 25.4 Å². The second kappa shape index (κ2) is 7.05. The predicted molar refractivity (Wildman–Crippen MR) is 90.3 cm³/mol. The highest BCUT2D eigenvalue weighted by Gasteiger charge is 2.19. The monoisotopic (exact) mass is 345 g/mol. The van der Waals surface area contributed by atoms with E-state index >= 15 is 0 Å². The van der Waals surface area contributed by atoms with E-state index in [1.165, 1.54) is 24.9 Å². The number of likely N-dealkylation sites (tertiary alicyclic amines) is 1. The molecule has 2 aromatic rings. The SMILES string of the molecule is Brc1ccc(NC2CCCN(Cc3ccccc3)C2)cn1. The maximum absolute atomic E-state index is 4.27. The van der Waals surface area contributed by atoms with Crippen molar-refractivity contribution < 1.29 is 0 Å². The summed E-state index contributed by atoms with van der Waals surface area (Å²) in [6.45, 7) is 3.31. The number of benzene rings is 1. The van der Waals surface area contributed by atoms with E-state index in [0.29, 0.717) is 6.04 Å². The number of aromatic nitrogens is 1. The van der Waals surface area contributed by atoms with E-state index in [4.69, 9.17) is 0 Å². The van der Waals surface area contributed by atoms with Gasteiger partial charge in [-0.1, -0.05) is 30.3 Å². The number of hydrogen-bond donors (Lipinski definition) is 1. The number of pyridine rings is 1. The van der Waals surface area contributed by atoms with E-state index in [1.54, 1.807) is 0 Å². The number of halogens is 1. The van der Waals surface area contributed by atoms with Gasteiger partial charge in [0.15, 0.2) is 0 Å². The third-order valence-electron chi connectivity index (χ3n) is 3.85. The Morgan fingerprint density at radius 1 is 1.19 bits per heavy atom. The van der Waals surface area contributed by atoms with Crippen molar-refractivity contribution in [3.05, 3.63) is 58.8 Å². The summed E-state index contributed by atoms with van der Waals surface area (Å²) in [6, 6.07) is 15.3. The number of hydrogen-bond acceptors (Lipinski definition) is 3. The van der Waals surface area contributed by atoms with Gasteiger partial charge in [0.25, 0.3) is 0 Å². The highest BCUT2D eigenvalue weighted by molar-refractivity contribution is 9.10. The molecular weight excluding hydrogens is 326 g/mol. The molecule has 2 heterocycles. The first-order chi connectivity index (χ1) is 10.3. The van der Waals surface area contributed by atoms with Gasteiger partial charge in [-0.2, -0.15) is 0 Å². The van der Waals surface area contributed by atoms with Crippen LogP contribution < -0.4 is 5.32 Å². The first kappa shape index (κ1) is 14.5. The Morgan fingerprint density at radius 3 is 2.81 bits per heavy atom. The van der Waals surface area contributed by atoms with E-state index in [1.807, 2.05) is 12.3 Å². The van der Waals surface area contributed by atoms with Gasteiger partial charge in [0.2, 0.25) is 0 Å². The summed E-state index contributed by atoms with van der Waals surface area (Å²) in [7, 11) is 0. The fourth-order valence-corrected chi connectivity index (χ4v) is 3.09. The zero-order valence-electron chi connectivity index (χ0n) is 12.0. The van der Waals surface area contributed by atoms with Crippen LogP contribution >= 0.6 is 15.9 Å². The molecule has 0 amide bonds. The molecule has 21 heavy (non-hydrogen) atoms. The third-order valence-corrected chi connectivity index (χ3v) is 4.32. The molecule has 1 atom stereocenters. The minimum Gasteiger partial charge on any atom is -0.380 e. The van der Waals surface area contributed by atoms with Gasteiger partial charge in [0, 0.05) is 19.1 Å². The van der Waals surface area contributed by atoms with Crippen LogP contribution in [0.15, 0.2) is 53.3 Å². The maximum atomic E-state index is 4.27. The largest absolute Gasteiger partial charge is 0.380 e. The van der Waals surface area contributed by atoms with Crippen molar-refractivity contribution in [2.75, 3.05) is 18.4 Å². The van der Waals surface area contributed by atoms with Gasteiger partial charge < -0.3 is 5.32 Å². The zero-order chi connectivity index (χ0) is 14.5. The molecule has 0 saturated carbocycles. The summed E-state index contributed by atoms with van der Waals surface area (Å²) in [5.41, 5.74) is 2.49. The molecule has 110 valence electrons. The number of anilines is 1. The van der Waals surface area contributed by atoms with Crippen molar-refractivity contribution >= 4 is 21.6 Å². The van der Waals surface area contributed by atoms with Crippen LogP contribution in [-0.2, 0) is 6.54 Å². The minimum atomic E-state index is 0.505. The topological polar surface area (TPSA) is 28.2 Å². The predicted octanol–water partition coefficient (Wildman–Crippen LogP) is 3.92. The lowest BCUT2D eigenvalue weighted by Crippen LogP contribution is -2.41. The Balaban J connectivity index is 1.57. The molecule has 1 aromatic carbocycles. The summed E-state index contributed by atoms with van der Waals surface area (Å²) in [6.07, 6.45) is 4.36. The zero-order valence-corrected chi connectivity index (χ0v) is 13.6. The number of rotatable bonds is 4. The summed E-state index contributed by atoms with van der Waals surface area (Å²) >= 11 is 3.37. The molecular formula is C17H20BrN3. The highest BCUT2D eigenvalue weighted by Crippen LogP contribution is 2.18. The van der Waals surface area contributed by atoms with Crippen molar-refractivity contribution in [3.8, 4) is 0 Å². The van der Waals surface area contributed by atoms with E-state index in [0.717, 1.165) is 23.4 Å². The second-order valence-corrected chi connectivity index (χ2v) is 6.39. The van der Waals surface area contributed by atoms with Crippen LogP contribution in [0.4, 0.5) is 5.69 Å². The average molecular weight is 346 g/mol. The minimum absolute atomic E-state index is 0.505. The average Bonchev–Trinajstić information content (AvgIpc) is 2.51. The Morgan fingerprint density at radius 2 is 2.05 bits per heavy atom. The molecule has 0 bridgehead atoms. The van der Waals surface area contributed by atoms with E-state index < -0.39 is 0 Å². The van der Waals surface area contributed by atoms with Gasteiger partial charge in [-0.15, -0.1) is 0 Å². The molecule has 1 aromatic heterocycles. The molecule has 3 nitrogen and oxygen atoms in total. The molecule has 3 rings (SSSR count). The van der Waals surface area contributed by atoms with Crippen molar-refractivity contribution in [3.63, 3.8) is 0 Å². The van der Waals surface area contributed by atoms with Crippen molar-refractivity contribution in [1.29, 1.82) is 0 Å². The number of piperidine rings is 1. The number of nitrogens with one attached hydrogen (secondary N) is 1. The van der Waals surface area contributed by atoms with Crippen LogP contribution in [0.25, 0.3) is 0 Å². The van der Waals surface area contributed by atoms with E-state index in [9.17, 15) is 0 Å². The standard InChI is InChI=1S/C17H20BrN3/c18-17-9-8-15(11-19-17)20-16-7-4-10-21(13-16)12-14-5-2-1-3-6-14/h1-3,5-6,8-9,11,16,20H,4,7,10,12-13H2. The normalized spacial score (nSPS) is 19.4. The first-order valence-corrected chi connectivity index (χ1v) is 8.23. The van der Waals surface area contributed by atoms with E-state index in [-0.39, 0.29) is 0 Å². The van der Waals surface area contributed by atoms with Gasteiger partial charge in [0.05, 0.1) is 11.9 Å². The Labute approximate surface area is 134 Å². The molecule has 1 unspecified atom stereocenters. The molecule has 1 saturated heterocycles. The van der Waals surface area contributed by atoms with Gasteiger partial charge in [0.1, 0.15) is 4.60 Å². The molecule has 4 heteroatoms. The molecule has 0 aliphatic carbocycles. The van der Waals surface area contributed by atoms with Gasteiger partial charge in [-0.3, -0.25) is 4.90 Å². The molecule has 1 N–H and O–H groups in total. The summed E-state index contributed by atoms with van der Waals surface area (Å²) in [4.78, 5) is 6.80. The Bertz CT molecular complexity index is 556. The maximum Gasteiger partial charge on any atom is 0.106 e. The van der Waals surface area contributed by atoms with Crippen LogP contribution in [0, 0.1) is 0 Å². The van der Waals surface area contributed by atoms with E-state index in [2.05, 4.69) is 67.5 Å². The van der Waals surface area contributed by atoms with Crippen LogP contribution in [0.5, 0.6) is 0 Å². The molecule has 0 radical (unpaired) electrons. The van der Waals surface area contributed by atoms with Crippen LogP contribution in [-0.4, -0.2) is 29.0 Å². The van der Waals surface area contributed by atoms with Crippen molar-refractivity contribution in [1.82, 2.24) is 9.88 Å². The van der Waals surface area contributed by atoms with Crippen LogP contribution in [0.1, 0.15) is 18.4 Å². The summed E-state index contributed by atoms with van der Waals surface area (Å²) in [5.74, 6) is 0. The lowest BCUT2D eigenvalue weighted by atomic mass is 10.0. The number of nitrogens with zero attached hydrogens (tertiary/aromatic N) is 2. The first-order valence-electron chi connectivity index (χ1n) is 7.44. The van der Waals surface area contributed by atoms with Crippen molar-refractivity contribution in [2.24, 2.45) is 0 Å². The molecule has 0 spiro atoms. The lowest BCUT2D eigenvalue weighted by molar-refractivity contribution is 0.208. The molecule has 1 aliphatic rings. The van der Waals surface area contributed by atoms with Crippen LogP contribution in [0.3, 0.4) is 0 Å². The lowest BCUT2D eigenvalue weighted by Gasteiger charge is -2.33. The Hall–Kier alpha value is -1.39. The fourth-order valence-electron chi connectivity index (χ4n) is 2.86. The van der Waals surface area contributed by atoms with Gasteiger partial charge in [-0.05, 0) is 53.0 Å². The third kappa shape index (κ3) is 4.29. The van der Waals surface area contributed by atoms with Gasteiger partial charge >= 0.3 is 0 Å². The Kier molecular flexibility index (Phi) is 4.88. The quantitative estimate of drug-likeness (QED) is 0.851.